The van der Waals surface area contributed by atoms with E-state index in [4.69, 9.17) is 4.74 Å². The zero-order valence-corrected chi connectivity index (χ0v) is 16.1. The van der Waals surface area contributed by atoms with Crippen molar-refractivity contribution in [2.45, 2.75) is 51.0 Å². The summed E-state index contributed by atoms with van der Waals surface area (Å²) in [6.07, 6.45) is 8.79. The highest BCUT2D eigenvalue weighted by atomic mass is 16.5. The molecule has 2 fully saturated rings. The summed E-state index contributed by atoms with van der Waals surface area (Å²) in [7, 11) is 1.72. The van der Waals surface area contributed by atoms with Crippen molar-refractivity contribution in [1.82, 2.24) is 10.2 Å². The molecule has 5 nitrogen and oxygen atoms in total. The maximum Gasteiger partial charge on any atom is 0.234 e. The second kappa shape index (κ2) is 9.81. The van der Waals surface area contributed by atoms with Crippen LogP contribution in [0.3, 0.4) is 0 Å². The number of piperazine rings is 1. The van der Waals surface area contributed by atoms with Gasteiger partial charge in [-0.1, -0.05) is 44.2 Å². The van der Waals surface area contributed by atoms with Crippen molar-refractivity contribution in [3.05, 3.63) is 24.3 Å². The first-order valence-corrected chi connectivity index (χ1v) is 10.2. The Morgan fingerprint density at radius 1 is 1.04 bits per heavy atom. The molecule has 5 heteroatoms. The SMILES string of the molecule is COc1ccccc1N1CCN(CC(=O)NC2CCCCCCC2)CC1. The number of hydrogen-bond acceptors (Lipinski definition) is 4. The number of benzene rings is 1. The second-order valence-electron chi connectivity index (χ2n) is 7.54. The minimum atomic E-state index is 0.196. The predicted octanol–water partition coefficient (Wildman–Crippen LogP) is 3.05. The number of hydrogen-bond donors (Lipinski definition) is 1. The van der Waals surface area contributed by atoms with Gasteiger partial charge in [0.1, 0.15) is 5.75 Å². The number of nitrogens with one attached hydrogen (secondary N) is 1. The monoisotopic (exact) mass is 359 g/mol. The lowest BCUT2D eigenvalue weighted by molar-refractivity contribution is -0.123. The topological polar surface area (TPSA) is 44.8 Å². The third-order valence-electron chi connectivity index (χ3n) is 5.64. The number of rotatable bonds is 5. The summed E-state index contributed by atoms with van der Waals surface area (Å²) >= 11 is 0. The number of nitrogens with zero attached hydrogens (tertiary/aromatic N) is 2. The fourth-order valence-corrected chi connectivity index (χ4v) is 4.11. The van der Waals surface area contributed by atoms with Gasteiger partial charge in [-0.3, -0.25) is 9.69 Å². The Kier molecular flexibility index (Phi) is 7.18. The molecule has 0 bridgehead atoms. The van der Waals surface area contributed by atoms with E-state index in [1.54, 1.807) is 7.11 Å². The smallest absolute Gasteiger partial charge is 0.234 e. The minimum absolute atomic E-state index is 0.196. The largest absolute Gasteiger partial charge is 0.495 e. The van der Waals surface area contributed by atoms with Gasteiger partial charge in [-0.25, -0.2) is 0 Å². The van der Waals surface area contributed by atoms with Gasteiger partial charge in [0.05, 0.1) is 19.3 Å². The molecular weight excluding hydrogens is 326 g/mol. The molecule has 1 aromatic carbocycles. The molecule has 0 atom stereocenters. The number of carbonyl (C=O) groups is 1. The zero-order valence-electron chi connectivity index (χ0n) is 16.1. The summed E-state index contributed by atoms with van der Waals surface area (Å²) in [5, 5.41) is 3.28. The van der Waals surface area contributed by atoms with Gasteiger partial charge >= 0.3 is 0 Å². The first-order chi connectivity index (χ1) is 12.8. The fourth-order valence-electron chi connectivity index (χ4n) is 4.11. The van der Waals surface area contributed by atoms with E-state index in [2.05, 4.69) is 21.2 Å². The van der Waals surface area contributed by atoms with Gasteiger partial charge < -0.3 is 15.0 Å². The van der Waals surface area contributed by atoms with Gasteiger partial charge in [0.2, 0.25) is 5.91 Å². The van der Waals surface area contributed by atoms with Crippen molar-refractivity contribution < 1.29 is 9.53 Å². The molecule has 0 unspecified atom stereocenters. The third kappa shape index (κ3) is 5.37. The van der Waals surface area contributed by atoms with E-state index in [9.17, 15) is 4.79 Å². The van der Waals surface area contributed by atoms with Gasteiger partial charge in [-0.05, 0) is 25.0 Å². The molecule has 1 aliphatic carbocycles. The van der Waals surface area contributed by atoms with Gasteiger partial charge in [-0.2, -0.15) is 0 Å². The first kappa shape index (κ1) is 19.0. The Morgan fingerprint density at radius 2 is 1.69 bits per heavy atom. The summed E-state index contributed by atoms with van der Waals surface area (Å²) in [6, 6.07) is 8.54. The maximum absolute atomic E-state index is 12.4. The van der Waals surface area contributed by atoms with E-state index >= 15 is 0 Å². The van der Waals surface area contributed by atoms with Crippen molar-refractivity contribution in [1.29, 1.82) is 0 Å². The summed E-state index contributed by atoms with van der Waals surface area (Å²) in [4.78, 5) is 17.1. The number of ether oxygens (including phenoxy) is 1. The minimum Gasteiger partial charge on any atom is -0.495 e. The van der Waals surface area contributed by atoms with Crippen LogP contribution in [0.1, 0.15) is 44.9 Å². The van der Waals surface area contributed by atoms with Crippen LogP contribution in [-0.4, -0.2) is 56.7 Å². The Balaban J connectivity index is 1.44. The molecule has 2 aliphatic rings. The van der Waals surface area contributed by atoms with Crippen LogP contribution in [0, 0.1) is 0 Å². The highest BCUT2D eigenvalue weighted by Crippen LogP contribution is 2.28. The van der Waals surface area contributed by atoms with Crippen LogP contribution in [0.4, 0.5) is 5.69 Å². The third-order valence-corrected chi connectivity index (χ3v) is 5.64. The number of carbonyl (C=O) groups excluding carboxylic acids is 1. The average Bonchev–Trinajstić information content (AvgIpc) is 2.64. The van der Waals surface area contributed by atoms with Crippen molar-refractivity contribution in [3.8, 4) is 5.75 Å². The van der Waals surface area contributed by atoms with Crippen LogP contribution in [-0.2, 0) is 4.79 Å². The van der Waals surface area contributed by atoms with E-state index < -0.39 is 0 Å². The van der Waals surface area contributed by atoms with Crippen molar-refractivity contribution in [2.75, 3.05) is 44.7 Å². The molecule has 1 aliphatic heterocycles. The van der Waals surface area contributed by atoms with Crippen LogP contribution < -0.4 is 15.0 Å². The number of anilines is 1. The maximum atomic E-state index is 12.4. The molecule has 0 spiro atoms. The Bertz CT molecular complexity index is 562. The van der Waals surface area contributed by atoms with E-state index in [1.165, 1.54) is 32.1 Å². The Hall–Kier alpha value is -1.75. The van der Waals surface area contributed by atoms with Gasteiger partial charge in [0.15, 0.2) is 0 Å². The number of amides is 1. The summed E-state index contributed by atoms with van der Waals surface area (Å²) < 4.78 is 5.47. The van der Waals surface area contributed by atoms with E-state index in [1.807, 2.05) is 18.2 Å². The van der Waals surface area contributed by atoms with Crippen LogP contribution in [0.5, 0.6) is 5.75 Å². The van der Waals surface area contributed by atoms with Crippen LogP contribution in [0.15, 0.2) is 24.3 Å². The van der Waals surface area contributed by atoms with Crippen LogP contribution in [0.2, 0.25) is 0 Å². The van der Waals surface area contributed by atoms with Crippen LogP contribution in [0.25, 0.3) is 0 Å². The number of para-hydroxylation sites is 2. The van der Waals surface area contributed by atoms with Gasteiger partial charge in [-0.15, -0.1) is 0 Å². The highest BCUT2D eigenvalue weighted by molar-refractivity contribution is 5.78. The average molecular weight is 360 g/mol. The summed E-state index contributed by atoms with van der Waals surface area (Å²) in [5.74, 6) is 1.12. The molecule has 1 saturated carbocycles. The molecule has 1 heterocycles. The second-order valence-corrected chi connectivity index (χ2v) is 7.54. The standard InChI is InChI=1S/C21H33N3O2/c1-26-20-12-8-7-11-19(20)24-15-13-23(14-16-24)17-21(25)22-18-9-5-3-2-4-6-10-18/h7-8,11-12,18H,2-6,9-10,13-17H2,1H3,(H,22,25). The molecule has 1 aromatic rings. The molecule has 1 amide bonds. The lowest BCUT2D eigenvalue weighted by Crippen LogP contribution is -2.50. The van der Waals surface area contributed by atoms with E-state index in [0.29, 0.717) is 12.6 Å². The molecule has 144 valence electrons. The predicted molar refractivity (Wildman–Crippen MR) is 106 cm³/mol. The fraction of sp³-hybridized carbons (Fsp3) is 0.667. The Morgan fingerprint density at radius 3 is 2.38 bits per heavy atom. The lowest BCUT2D eigenvalue weighted by Gasteiger charge is -2.36. The zero-order chi connectivity index (χ0) is 18.2. The van der Waals surface area contributed by atoms with Crippen LogP contribution >= 0.6 is 0 Å². The van der Waals surface area contributed by atoms with Crippen molar-refractivity contribution >= 4 is 11.6 Å². The number of methoxy groups -OCH3 is 1. The Labute approximate surface area is 157 Å². The van der Waals surface area contributed by atoms with Crippen molar-refractivity contribution in [2.24, 2.45) is 0 Å². The first-order valence-electron chi connectivity index (χ1n) is 10.2. The molecule has 0 radical (unpaired) electrons. The molecule has 1 N–H and O–H groups in total. The molecule has 0 aromatic heterocycles. The normalized spacial score (nSPS) is 20.3. The quantitative estimate of drug-likeness (QED) is 0.878. The highest BCUT2D eigenvalue weighted by Gasteiger charge is 2.22. The van der Waals surface area contributed by atoms with Gasteiger partial charge in [0.25, 0.3) is 0 Å². The molecule has 1 saturated heterocycles. The molecule has 3 rings (SSSR count). The van der Waals surface area contributed by atoms with E-state index in [0.717, 1.165) is 50.5 Å². The molecular formula is C21H33N3O2. The molecule has 26 heavy (non-hydrogen) atoms. The van der Waals surface area contributed by atoms with Gasteiger partial charge in [0, 0.05) is 32.2 Å². The lowest BCUT2D eigenvalue weighted by atomic mass is 9.97. The van der Waals surface area contributed by atoms with E-state index in [-0.39, 0.29) is 5.91 Å². The summed E-state index contributed by atoms with van der Waals surface area (Å²) in [6.45, 7) is 4.21. The van der Waals surface area contributed by atoms with Crippen molar-refractivity contribution in [3.63, 3.8) is 0 Å². The summed E-state index contributed by atoms with van der Waals surface area (Å²) in [5.41, 5.74) is 1.15.